The molecule has 0 radical (unpaired) electrons. The number of hydrogen-bond acceptors (Lipinski definition) is 5. The van der Waals surface area contributed by atoms with E-state index in [2.05, 4.69) is 28.2 Å². The lowest BCUT2D eigenvalue weighted by Crippen LogP contribution is -2.31. The number of carbonyl (C=O) groups excluding carboxylic acids is 1. The van der Waals surface area contributed by atoms with Crippen molar-refractivity contribution in [1.29, 1.82) is 0 Å². The molecule has 8 heteroatoms. The van der Waals surface area contributed by atoms with Crippen molar-refractivity contribution >= 4 is 40.6 Å². The van der Waals surface area contributed by atoms with Crippen LogP contribution in [0.5, 0.6) is 0 Å². The van der Waals surface area contributed by atoms with Gasteiger partial charge in [0.15, 0.2) is 11.0 Å². The van der Waals surface area contributed by atoms with E-state index in [4.69, 9.17) is 11.6 Å². The average Bonchev–Trinajstić information content (AvgIpc) is 3.47. The fourth-order valence-electron chi connectivity index (χ4n) is 3.55. The maximum absolute atomic E-state index is 12.9. The van der Waals surface area contributed by atoms with Gasteiger partial charge in [-0.15, -0.1) is 28.1 Å². The van der Waals surface area contributed by atoms with Gasteiger partial charge in [0.1, 0.15) is 0 Å². The Morgan fingerprint density at radius 1 is 1.31 bits per heavy atom. The summed E-state index contributed by atoms with van der Waals surface area (Å²) in [5, 5.41) is 12.1. The van der Waals surface area contributed by atoms with Gasteiger partial charge in [0.05, 0.1) is 11.8 Å². The number of allylic oxidation sites excluding steroid dienone is 1. The monoisotopic (exact) mass is 444 g/mol. The zero-order valence-corrected chi connectivity index (χ0v) is 18.2. The Kier molecular flexibility index (Phi) is 6.37. The highest BCUT2D eigenvalue weighted by atomic mass is 35.5. The molecule has 0 N–H and O–H groups in total. The van der Waals surface area contributed by atoms with Gasteiger partial charge < -0.3 is 4.90 Å². The summed E-state index contributed by atoms with van der Waals surface area (Å²) < 4.78 is 1.98. The Labute approximate surface area is 183 Å². The van der Waals surface area contributed by atoms with Crippen molar-refractivity contribution in [1.82, 2.24) is 19.7 Å². The van der Waals surface area contributed by atoms with E-state index >= 15 is 0 Å². The molecule has 1 aliphatic heterocycles. The second kappa shape index (κ2) is 9.15. The van der Waals surface area contributed by atoms with Crippen molar-refractivity contribution in [3.8, 4) is 11.4 Å². The number of amides is 1. The Bertz CT molecular complexity index is 985. The van der Waals surface area contributed by atoms with E-state index in [1.54, 1.807) is 11.3 Å². The Morgan fingerprint density at radius 3 is 2.86 bits per heavy atom. The maximum Gasteiger partial charge on any atom is 0.233 e. The van der Waals surface area contributed by atoms with E-state index in [0.29, 0.717) is 17.3 Å². The van der Waals surface area contributed by atoms with Crippen LogP contribution in [0.3, 0.4) is 0 Å². The highest BCUT2D eigenvalue weighted by Crippen LogP contribution is 2.35. The van der Waals surface area contributed by atoms with Crippen molar-refractivity contribution < 1.29 is 4.79 Å². The second-order valence-electron chi connectivity index (χ2n) is 6.76. The Morgan fingerprint density at radius 2 is 2.14 bits per heavy atom. The lowest BCUT2D eigenvalue weighted by atomic mass is 10.2. The van der Waals surface area contributed by atoms with Crippen LogP contribution in [-0.4, -0.2) is 37.9 Å². The molecule has 0 spiro atoms. The van der Waals surface area contributed by atoms with Crippen molar-refractivity contribution in [3.05, 3.63) is 64.3 Å². The number of halogens is 1. The molecule has 1 amide bonds. The Balaban J connectivity index is 1.48. The second-order valence-corrected chi connectivity index (χ2v) is 9.12. The largest absolute Gasteiger partial charge is 0.334 e. The van der Waals surface area contributed by atoms with Crippen LogP contribution in [0.25, 0.3) is 11.4 Å². The Hall–Kier alpha value is -2.09. The number of likely N-dealkylation sites (tertiary alicyclic amines) is 1. The first-order valence-electron chi connectivity index (χ1n) is 9.43. The number of thiophene rings is 1. The number of rotatable bonds is 7. The molecule has 1 aromatic carbocycles. The van der Waals surface area contributed by atoms with Gasteiger partial charge in [-0.2, -0.15) is 0 Å². The van der Waals surface area contributed by atoms with Gasteiger partial charge in [0.25, 0.3) is 0 Å². The predicted molar refractivity (Wildman–Crippen MR) is 119 cm³/mol. The minimum absolute atomic E-state index is 0.145. The molecular formula is C21H21ClN4OS2. The van der Waals surface area contributed by atoms with Gasteiger partial charge in [-0.3, -0.25) is 9.36 Å². The van der Waals surface area contributed by atoms with Crippen LogP contribution >= 0.6 is 34.7 Å². The first-order valence-corrected chi connectivity index (χ1v) is 11.7. The summed E-state index contributed by atoms with van der Waals surface area (Å²) in [6.45, 7) is 5.23. The maximum atomic E-state index is 12.9. The molecular weight excluding hydrogens is 424 g/mol. The summed E-state index contributed by atoms with van der Waals surface area (Å²) in [6, 6.07) is 11.9. The molecule has 0 saturated carbocycles. The van der Waals surface area contributed by atoms with Gasteiger partial charge in [-0.1, -0.05) is 35.5 Å². The van der Waals surface area contributed by atoms with Crippen LogP contribution in [0.15, 0.2) is 59.6 Å². The highest BCUT2D eigenvalue weighted by molar-refractivity contribution is 7.99. The summed E-state index contributed by atoms with van der Waals surface area (Å²) in [7, 11) is 0. The molecule has 0 aliphatic carbocycles. The standard InChI is InChI=1S/C21H21ClN4OS2/c1-2-11-26-20(15-7-9-16(22)10-8-15)23-24-21(26)29-14-19(27)25-12-3-5-17(25)18-6-4-13-28-18/h2,4,6-10,13,17H,1,3,5,11-12,14H2. The van der Waals surface area contributed by atoms with Gasteiger partial charge in [-0.25, -0.2) is 0 Å². The highest BCUT2D eigenvalue weighted by Gasteiger charge is 2.30. The smallest absolute Gasteiger partial charge is 0.233 e. The van der Waals surface area contributed by atoms with E-state index in [9.17, 15) is 4.79 Å². The summed E-state index contributed by atoms with van der Waals surface area (Å²) >= 11 is 9.14. The molecule has 0 bridgehead atoms. The molecule has 150 valence electrons. The van der Waals surface area contributed by atoms with Crippen LogP contribution in [0.4, 0.5) is 0 Å². The predicted octanol–water partition coefficient (Wildman–Crippen LogP) is 5.30. The van der Waals surface area contributed by atoms with E-state index in [0.717, 1.165) is 35.9 Å². The van der Waals surface area contributed by atoms with Crippen molar-refractivity contribution in [2.24, 2.45) is 0 Å². The van der Waals surface area contributed by atoms with Crippen LogP contribution in [0.2, 0.25) is 5.02 Å². The molecule has 1 aliphatic rings. The topological polar surface area (TPSA) is 51.0 Å². The van der Waals surface area contributed by atoms with Gasteiger partial charge in [0, 0.05) is 28.6 Å². The molecule has 2 aromatic heterocycles. The zero-order chi connectivity index (χ0) is 20.2. The molecule has 29 heavy (non-hydrogen) atoms. The molecule has 3 heterocycles. The molecule has 5 nitrogen and oxygen atoms in total. The van der Waals surface area contributed by atoms with Crippen LogP contribution < -0.4 is 0 Å². The van der Waals surface area contributed by atoms with E-state index in [1.165, 1.54) is 16.6 Å². The van der Waals surface area contributed by atoms with Crippen molar-refractivity contribution in [3.63, 3.8) is 0 Å². The number of carbonyl (C=O) groups is 1. The quantitative estimate of drug-likeness (QED) is 0.366. The summed E-state index contributed by atoms with van der Waals surface area (Å²) in [5.41, 5.74) is 0.930. The molecule has 1 fully saturated rings. The number of thioether (sulfide) groups is 1. The first kappa shape index (κ1) is 20.2. The van der Waals surface area contributed by atoms with Gasteiger partial charge >= 0.3 is 0 Å². The average molecular weight is 445 g/mol. The number of hydrogen-bond donors (Lipinski definition) is 0. The lowest BCUT2D eigenvalue weighted by molar-refractivity contribution is -0.129. The first-order chi connectivity index (χ1) is 14.2. The van der Waals surface area contributed by atoms with Gasteiger partial charge in [0.2, 0.25) is 5.91 Å². The molecule has 3 aromatic rings. The molecule has 1 unspecified atom stereocenters. The summed E-state index contributed by atoms with van der Waals surface area (Å²) in [6.07, 6.45) is 3.89. The van der Waals surface area contributed by atoms with E-state index in [1.807, 2.05) is 45.9 Å². The summed E-state index contributed by atoms with van der Waals surface area (Å²) in [4.78, 5) is 16.2. The third-order valence-electron chi connectivity index (χ3n) is 4.90. The zero-order valence-electron chi connectivity index (χ0n) is 15.8. The number of aromatic nitrogens is 3. The normalized spacial score (nSPS) is 16.3. The fourth-order valence-corrected chi connectivity index (χ4v) is 5.39. The minimum atomic E-state index is 0.145. The lowest BCUT2D eigenvalue weighted by Gasteiger charge is -2.23. The minimum Gasteiger partial charge on any atom is -0.334 e. The van der Waals surface area contributed by atoms with E-state index in [-0.39, 0.29) is 11.9 Å². The van der Waals surface area contributed by atoms with Crippen LogP contribution in [-0.2, 0) is 11.3 Å². The third kappa shape index (κ3) is 4.42. The number of benzene rings is 1. The third-order valence-corrected chi connectivity index (χ3v) is 7.08. The number of nitrogens with zero attached hydrogens (tertiary/aromatic N) is 4. The molecule has 1 saturated heterocycles. The van der Waals surface area contributed by atoms with Crippen molar-refractivity contribution in [2.75, 3.05) is 12.3 Å². The van der Waals surface area contributed by atoms with E-state index < -0.39 is 0 Å². The van der Waals surface area contributed by atoms with Crippen LogP contribution in [0.1, 0.15) is 23.8 Å². The van der Waals surface area contributed by atoms with Gasteiger partial charge in [-0.05, 0) is 48.6 Å². The van der Waals surface area contributed by atoms with Crippen molar-refractivity contribution in [2.45, 2.75) is 30.6 Å². The SMILES string of the molecule is C=CCn1c(SCC(=O)N2CCCC2c2cccs2)nnc1-c1ccc(Cl)cc1. The van der Waals surface area contributed by atoms with Crippen LogP contribution in [0, 0.1) is 0 Å². The molecule has 4 rings (SSSR count). The fraction of sp³-hybridized carbons (Fsp3) is 0.286. The summed E-state index contributed by atoms with van der Waals surface area (Å²) in [5.74, 6) is 1.24. The molecule has 1 atom stereocenters.